The topological polar surface area (TPSA) is 70.0 Å². The van der Waals surface area contributed by atoms with Gasteiger partial charge in [-0.05, 0) is 19.4 Å². The molecule has 0 aromatic carbocycles. The van der Waals surface area contributed by atoms with Gasteiger partial charge in [-0.1, -0.05) is 0 Å². The number of aliphatic hydroxyl groups is 2. The van der Waals surface area contributed by atoms with Gasteiger partial charge in [-0.2, -0.15) is 0 Å². The van der Waals surface area contributed by atoms with E-state index in [0.29, 0.717) is 13.1 Å². The molecule has 1 saturated heterocycles. The number of esters is 1. The van der Waals surface area contributed by atoms with Crippen molar-refractivity contribution in [1.82, 2.24) is 4.90 Å². The lowest BCUT2D eigenvalue weighted by atomic mass is 9.98. The van der Waals surface area contributed by atoms with Crippen molar-refractivity contribution in [2.45, 2.75) is 18.9 Å². The van der Waals surface area contributed by atoms with Crippen LogP contribution in [0.2, 0.25) is 0 Å². The second-order valence-corrected chi connectivity index (χ2v) is 3.96. The molecule has 5 heteroatoms. The number of rotatable bonds is 4. The van der Waals surface area contributed by atoms with Gasteiger partial charge in [0, 0.05) is 13.1 Å². The molecule has 0 spiro atoms. The van der Waals surface area contributed by atoms with Gasteiger partial charge >= 0.3 is 5.97 Å². The highest BCUT2D eigenvalue weighted by molar-refractivity contribution is 5.72. The van der Waals surface area contributed by atoms with Crippen molar-refractivity contribution in [3.8, 4) is 0 Å². The van der Waals surface area contributed by atoms with Gasteiger partial charge in [-0.15, -0.1) is 0 Å². The van der Waals surface area contributed by atoms with E-state index in [1.807, 2.05) is 4.90 Å². The minimum Gasteiger partial charge on any atom is -0.469 e. The minimum absolute atomic E-state index is 0.0883. The van der Waals surface area contributed by atoms with E-state index in [1.54, 1.807) is 0 Å². The van der Waals surface area contributed by atoms with Gasteiger partial charge in [0.1, 0.15) is 0 Å². The molecule has 1 fully saturated rings. The Morgan fingerprint density at radius 1 is 1.67 bits per heavy atom. The van der Waals surface area contributed by atoms with E-state index >= 15 is 0 Å². The van der Waals surface area contributed by atoms with Gasteiger partial charge in [0.15, 0.2) is 0 Å². The number of nitrogens with zero attached hydrogens (tertiary/aromatic N) is 1. The van der Waals surface area contributed by atoms with E-state index in [0.717, 1.165) is 19.4 Å². The molecule has 2 unspecified atom stereocenters. The number of β-amino-alcohol motifs (C(OH)–C–C–N with tert-alkyl or cyclic N) is 1. The maximum absolute atomic E-state index is 11.3. The summed E-state index contributed by atoms with van der Waals surface area (Å²) < 4.78 is 4.69. The summed E-state index contributed by atoms with van der Waals surface area (Å²) in [5.74, 6) is -0.271. The maximum Gasteiger partial charge on any atom is 0.309 e. The highest BCUT2D eigenvalue weighted by atomic mass is 16.5. The zero-order valence-electron chi connectivity index (χ0n) is 9.06. The summed E-state index contributed by atoms with van der Waals surface area (Å²) in [4.78, 5) is 13.3. The van der Waals surface area contributed by atoms with Crippen molar-refractivity contribution in [2.24, 2.45) is 5.92 Å². The zero-order chi connectivity index (χ0) is 11.3. The molecule has 1 rings (SSSR count). The van der Waals surface area contributed by atoms with E-state index < -0.39 is 6.10 Å². The van der Waals surface area contributed by atoms with Crippen molar-refractivity contribution in [1.29, 1.82) is 0 Å². The number of carbonyl (C=O) groups excluding carboxylic acids is 1. The van der Waals surface area contributed by atoms with E-state index in [1.165, 1.54) is 7.11 Å². The molecule has 2 N–H and O–H groups in total. The van der Waals surface area contributed by atoms with Crippen molar-refractivity contribution in [2.75, 3.05) is 33.4 Å². The van der Waals surface area contributed by atoms with Crippen LogP contribution in [0.15, 0.2) is 0 Å². The lowest BCUT2D eigenvalue weighted by molar-refractivity contribution is -0.147. The minimum atomic E-state index is -0.721. The third-order valence-corrected chi connectivity index (χ3v) is 2.72. The number of hydrogen-bond donors (Lipinski definition) is 2. The molecule has 0 saturated carbocycles. The highest BCUT2D eigenvalue weighted by Gasteiger charge is 2.27. The fraction of sp³-hybridized carbons (Fsp3) is 0.900. The number of methoxy groups -OCH3 is 1. The van der Waals surface area contributed by atoms with Crippen LogP contribution < -0.4 is 0 Å². The fourth-order valence-corrected chi connectivity index (χ4v) is 1.94. The third kappa shape index (κ3) is 3.77. The second kappa shape index (κ2) is 6.05. The molecule has 88 valence electrons. The lowest BCUT2D eigenvalue weighted by Gasteiger charge is -2.32. The lowest BCUT2D eigenvalue weighted by Crippen LogP contribution is -2.43. The van der Waals surface area contributed by atoms with Gasteiger partial charge in [-0.3, -0.25) is 9.69 Å². The first-order valence-electron chi connectivity index (χ1n) is 5.26. The summed E-state index contributed by atoms with van der Waals surface area (Å²) in [7, 11) is 1.39. The van der Waals surface area contributed by atoms with Crippen LogP contribution in [0, 0.1) is 5.92 Å². The Labute approximate surface area is 89.6 Å². The molecule has 1 heterocycles. The van der Waals surface area contributed by atoms with Crippen LogP contribution in [-0.2, 0) is 9.53 Å². The van der Waals surface area contributed by atoms with Crippen LogP contribution in [0.4, 0.5) is 0 Å². The Bertz CT molecular complexity index is 210. The first kappa shape index (κ1) is 12.4. The zero-order valence-corrected chi connectivity index (χ0v) is 9.06. The summed E-state index contributed by atoms with van der Waals surface area (Å²) in [6.07, 6.45) is 1.05. The SMILES string of the molecule is COC(=O)C1CCCN(CC(O)CO)C1. The molecule has 15 heavy (non-hydrogen) atoms. The molecule has 1 aliphatic heterocycles. The second-order valence-electron chi connectivity index (χ2n) is 3.96. The van der Waals surface area contributed by atoms with Crippen LogP contribution in [0.3, 0.4) is 0 Å². The molecule has 0 aromatic heterocycles. The smallest absolute Gasteiger partial charge is 0.309 e. The first-order valence-corrected chi connectivity index (χ1v) is 5.26. The number of likely N-dealkylation sites (tertiary alicyclic amines) is 1. The quantitative estimate of drug-likeness (QED) is 0.605. The molecule has 1 aliphatic rings. The molecule has 2 atom stereocenters. The molecule has 5 nitrogen and oxygen atoms in total. The summed E-state index contributed by atoms with van der Waals surface area (Å²) >= 11 is 0. The van der Waals surface area contributed by atoms with E-state index in [-0.39, 0.29) is 18.5 Å². The van der Waals surface area contributed by atoms with Crippen LogP contribution in [0.1, 0.15) is 12.8 Å². The third-order valence-electron chi connectivity index (χ3n) is 2.72. The number of aliphatic hydroxyl groups excluding tert-OH is 2. The summed E-state index contributed by atoms with van der Waals surface area (Å²) in [6, 6.07) is 0. The van der Waals surface area contributed by atoms with Gasteiger partial charge in [0.05, 0.1) is 25.7 Å². The van der Waals surface area contributed by atoms with Crippen LogP contribution in [0.5, 0.6) is 0 Å². The Hall–Kier alpha value is -0.650. The van der Waals surface area contributed by atoms with Gasteiger partial charge < -0.3 is 14.9 Å². The number of hydrogen-bond acceptors (Lipinski definition) is 5. The Kier molecular flexibility index (Phi) is 5.01. The number of ether oxygens (including phenoxy) is 1. The fourth-order valence-electron chi connectivity index (χ4n) is 1.94. The van der Waals surface area contributed by atoms with Crippen molar-refractivity contribution < 1.29 is 19.7 Å². The molecular weight excluding hydrogens is 198 g/mol. The largest absolute Gasteiger partial charge is 0.469 e. The highest BCUT2D eigenvalue weighted by Crippen LogP contribution is 2.17. The Morgan fingerprint density at radius 3 is 3.00 bits per heavy atom. The van der Waals surface area contributed by atoms with Crippen molar-refractivity contribution in [3.63, 3.8) is 0 Å². The predicted molar refractivity (Wildman–Crippen MR) is 54.3 cm³/mol. The normalized spacial score (nSPS) is 24.9. The molecule has 0 amide bonds. The average Bonchev–Trinajstić information content (AvgIpc) is 2.28. The van der Waals surface area contributed by atoms with Gasteiger partial charge in [0.25, 0.3) is 0 Å². The van der Waals surface area contributed by atoms with Crippen molar-refractivity contribution >= 4 is 5.97 Å². The standard InChI is InChI=1S/C10H19NO4/c1-15-10(14)8-3-2-4-11(5-8)6-9(13)7-12/h8-9,12-13H,2-7H2,1H3. The van der Waals surface area contributed by atoms with Gasteiger partial charge in [-0.25, -0.2) is 0 Å². The predicted octanol–water partition coefficient (Wildman–Crippen LogP) is -0.775. The van der Waals surface area contributed by atoms with Crippen LogP contribution in [-0.4, -0.2) is 60.5 Å². The summed E-state index contributed by atoms with van der Waals surface area (Å²) in [5, 5.41) is 18.0. The number of carbonyl (C=O) groups is 1. The van der Waals surface area contributed by atoms with Crippen molar-refractivity contribution in [3.05, 3.63) is 0 Å². The summed E-state index contributed by atoms with van der Waals surface area (Å²) in [6.45, 7) is 1.66. The Morgan fingerprint density at radius 2 is 2.40 bits per heavy atom. The van der Waals surface area contributed by atoms with E-state index in [9.17, 15) is 9.90 Å². The summed E-state index contributed by atoms with van der Waals surface area (Å²) in [5.41, 5.74) is 0. The Balaban J connectivity index is 2.38. The van der Waals surface area contributed by atoms with Crippen LogP contribution in [0.25, 0.3) is 0 Å². The van der Waals surface area contributed by atoms with E-state index in [4.69, 9.17) is 9.84 Å². The molecule has 0 aromatic rings. The maximum atomic E-state index is 11.3. The monoisotopic (exact) mass is 217 g/mol. The molecule has 0 radical (unpaired) electrons. The number of piperidine rings is 1. The van der Waals surface area contributed by atoms with Crippen LogP contribution >= 0.6 is 0 Å². The van der Waals surface area contributed by atoms with Gasteiger partial charge in [0.2, 0.25) is 0 Å². The molecule has 0 bridgehead atoms. The van der Waals surface area contributed by atoms with E-state index in [2.05, 4.69) is 0 Å². The average molecular weight is 217 g/mol. The molecular formula is C10H19NO4. The molecule has 0 aliphatic carbocycles. The first-order chi connectivity index (χ1) is 7.17.